The molecule has 0 unspecified atom stereocenters. The van der Waals surface area contributed by atoms with Gasteiger partial charge in [0.1, 0.15) is 11.5 Å². The first-order valence-electron chi connectivity index (χ1n) is 5.87. The fourth-order valence-corrected chi connectivity index (χ4v) is 2.30. The van der Waals surface area contributed by atoms with Crippen molar-refractivity contribution in [3.63, 3.8) is 0 Å². The molecule has 0 aliphatic carbocycles. The zero-order valence-corrected chi connectivity index (χ0v) is 10.5. The third-order valence-corrected chi connectivity index (χ3v) is 3.18. The fourth-order valence-electron chi connectivity index (χ4n) is 2.30. The van der Waals surface area contributed by atoms with E-state index in [2.05, 4.69) is 10.1 Å². The standard InChI is InChI=1S/C14H12N2O3/c1-7-11(8(2)19-16-7)12-13(17)9-5-3-4-6-10(9)15-14(12)18/h3-6H,1-2H3,(H2,15,17,18). The van der Waals surface area contributed by atoms with Crippen LogP contribution in [0.1, 0.15) is 11.5 Å². The monoisotopic (exact) mass is 256 g/mol. The third kappa shape index (κ3) is 1.62. The molecule has 0 radical (unpaired) electrons. The molecule has 2 aromatic heterocycles. The van der Waals surface area contributed by atoms with E-state index in [1.807, 2.05) is 0 Å². The summed E-state index contributed by atoms with van der Waals surface area (Å²) in [6.45, 7) is 3.45. The summed E-state index contributed by atoms with van der Waals surface area (Å²) in [5.74, 6) is 0.460. The number of H-pyrrole nitrogens is 1. The molecule has 0 aliphatic heterocycles. The summed E-state index contributed by atoms with van der Waals surface area (Å²) in [5.41, 5.74) is 1.57. The van der Waals surface area contributed by atoms with Crippen LogP contribution < -0.4 is 5.56 Å². The zero-order chi connectivity index (χ0) is 13.6. The van der Waals surface area contributed by atoms with Crippen LogP contribution in [0.2, 0.25) is 0 Å². The smallest absolute Gasteiger partial charge is 0.260 e. The molecule has 0 fully saturated rings. The highest BCUT2D eigenvalue weighted by molar-refractivity contribution is 5.92. The Labute approximate surface area is 108 Å². The maximum Gasteiger partial charge on any atom is 0.260 e. The minimum absolute atomic E-state index is 0.0475. The fraction of sp³-hybridized carbons (Fsp3) is 0.143. The first kappa shape index (κ1) is 11.5. The van der Waals surface area contributed by atoms with Crippen LogP contribution in [0, 0.1) is 13.8 Å². The van der Waals surface area contributed by atoms with Gasteiger partial charge in [0.05, 0.1) is 22.3 Å². The van der Waals surface area contributed by atoms with Gasteiger partial charge in [0, 0.05) is 5.39 Å². The molecule has 0 atom stereocenters. The molecule has 0 saturated carbocycles. The van der Waals surface area contributed by atoms with Crippen LogP contribution in [0.3, 0.4) is 0 Å². The van der Waals surface area contributed by atoms with Crippen molar-refractivity contribution in [2.24, 2.45) is 0 Å². The van der Waals surface area contributed by atoms with Crippen LogP contribution in [-0.4, -0.2) is 15.2 Å². The van der Waals surface area contributed by atoms with Crippen molar-refractivity contribution in [1.82, 2.24) is 10.1 Å². The predicted molar refractivity (Wildman–Crippen MR) is 71.2 cm³/mol. The van der Waals surface area contributed by atoms with Gasteiger partial charge in [0.15, 0.2) is 0 Å². The maximum atomic E-state index is 12.2. The summed E-state index contributed by atoms with van der Waals surface area (Å²) in [5, 5.41) is 14.8. The van der Waals surface area contributed by atoms with E-state index in [1.54, 1.807) is 38.1 Å². The van der Waals surface area contributed by atoms with Gasteiger partial charge < -0.3 is 14.6 Å². The lowest BCUT2D eigenvalue weighted by molar-refractivity contribution is 0.393. The van der Waals surface area contributed by atoms with E-state index in [0.717, 1.165) is 0 Å². The number of para-hydroxylation sites is 1. The molecule has 0 aliphatic rings. The number of hydrogen-bond donors (Lipinski definition) is 2. The Kier molecular flexibility index (Phi) is 2.41. The molecule has 1 aromatic carbocycles. The topological polar surface area (TPSA) is 79.1 Å². The summed E-state index contributed by atoms with van der Waals surface area (Å²) in [4.78, 5) is 14.9. The molecule has 0 bridgehead atoms. The van der Waals surface area contributed by atoms with Crippen molar-refractivity contribution in [2.75, 3.05) is 0 Å². The Morgan fingerprint density at radius 2 is 1.95 bits per heavy atom. The number of fused-ring (bicyclic) bond motifs is 1. The maximum absolute atomic E-state index is 12.2. The Morgan fingerprint density at radius 1 is 1.21 bits per heavy atom. The summed E-state index contributed by atoms with van der Waals surface area (Å²) in [6, 6.07) is 7.10. The highest BCUT2D eigenvalue weighted by Crippen LogP contribution is 2.34. The minimum Gasteiger partial charge on any atom is -0.506 e. The van der Waals surface area contributed by atoms with Crippen molar-refractivity contribution in [1.29, 1.82) is 0 Å². The van der Waals surface area contributed by atoms with Gasteiger partial charge >= 0.3 is 0 Å². The SMILES string of the molecule is Cc1noc(C)c1-c1c(O)c2ccccc2[nH]c1=O. The van der Waals surface area contributed by atoms with Gasteiger partial charge in [-0.2, -0.15) is 0 Å². The van der Waals surface area contributed by atoms with Gasteiger partial charge in [-0.15, -0.1) is 0 Å². The van der Waals surface area contributed by atoms with Crippen LogP contribution >= 0.6 is 0 Å². The molecule has 3 aromatic rings. The average molecular weight is 256 g/mol. The lowest BCUT2D eigenvalue weighted by Gasteiger charge is -2.06. The molecule has 96 valence electrons. The van der Waals surface area contributed by atoms with E-state index in [4.69, 9.17) is 4.52 Å². The van der Waals surface area contributed by atoms with Crippen LogP contribution in [0.15, 0.2) is 33.6 Å². The normalized spacial score (nSPS) is 11.1. The van der Waals surface area contributed by atoms with Crippen molar-refractivity contribution < 1.29 is 9.63 Å². The van der Waals surface area contributed by atoms with Crippen molar-refractivity contribution >= 4 is 10.9 Å². The van der Waals surface area contributed by atoms with E-state index in [1.165, 1.54) is 0 Å². The van der Waals surface area contributed by atoms with Crippen LogP contribution in [0.25, 0.3) is 22.0 Å². The van der Waals surface area contributed by atoms with E-state index in [0.29, 0.717) is 27.9 Å². The zero-order valence-electron chi connectivity index (χ0n) is 10.5. The first-order valence-corrected chi connectivity index (χ1v) is 5.87. The number of rotatable bonds is 1. The summed E-state index contributed by atoms with van der Waals surface area (Å²) >= 11 is 0. The largest absolute Gasteiger partial charge is 0.506 e. The van der Waals surface area contributed by atoms with Crippen molar-refractivity contribution in [2.45, 2.75) is 13.8 Å². The molecule has 2 N–H and O–H groups in total. The number of aromatic nitrogens is 2. The lowest BCUT2D eigenvalue weighted by atomic mass is 10.0. The van der Waals surface area contributed by atoms with Crippen molar-refractivity contribution in [3.05, 3.63) is 46.1 Å². The number of pyridine rings is 1. The average Bonchev–Trinajstić information content (AvgIpc) is 2.71. The predicted octanol–water partition coefficient (Wildman–Crippen LogP) is 2.51. The third-order valence-electron chi connectivity index (χ3n) is 3.18. The quantitative estimate of drug-likeness (QED) is 0.701. The van der Waals surface area contributed by atoms with Gasteiger partial charge in [-0.1, -0.05) is 17.3 Å². The van der Waals surface area contributed by atoms with E-state index in [-0.39, 0.29) is 16.9 Å². The Bertz CT molecular complexity index is 811. The molecular formula is C14H12N2O3. The van der Waals surface area contributed by atoms with E-state index in [9.17, 15) is 9.90 Å². The Morgan fingerprint density at radius 3 is 2.63 bits per heavy atom. The van der Waals surface area contributed by atoms with Gasteiger partial charge in [0.2, 0.25) is 0 Å². The summed E-state index contributed by atoms with van der Waals surface area (Å²) in [7, 11) is 0. The highest BCUT2D eigenvalue weighted by atomic mass is 16.5. The number of aryl methyl sites for hydroxylation is 2. The number of aromatic hydroxyl groups is 1. The van der Waals surface area contributed by atoms with Crippen molar-refractivity contribution in [3.8, 4) is 16.9 Å². The highest BCUT2D eigenvalue weighted by Gasteiger charge is 2.20. The van der Waals surface area contributed by atoms with Crippen LogP contribution in [-0.2, 0) is 0 Å². The van der Waals surface area contributed by atoms with E-state index < -0.39 is 0 Å². The molecule has 5 heteroatoms. The van der Waals surface area contributed by atoms with Gasteiger partial charge in [-0.3, -0.25) is 4.79 Å². The summed E-state index contributed by atoms with van der Waals surface area (Å²) < 4.78 is 5.06. The lowest BCUT2D eigenvalue weighted by Crippen LogP contribution is -2.10. The number of hydrogen-bond acceptors (Lipinski definition) is 4. The number of nitrogens with zero attached hydrogens (tertiary/aromatic N) is 1. The minimum atomic E-state index is -0.356. The second-order valence-electron chi connectivity index (χ2n) is 4.42. The second kappa shape index (κ2) is 3.98. The van der Waals surface area contributed by atoms with Crippen LogP contribution in [0.4, 0.5) is 0 Å². The number of aromatic amines is 1. The molecule has 0 spiro atoms. The molecular weight excluding hydrogens is 244 g/mol. The van der Waals surface area contributed by atoms with Gasteiger partial charge in [0.25, 0.3) is 5.56 Å². The molecule has 3 rings (SSSR count). The molecule has 19 heavy (non-hydrogen) atoms. The molecule has 0 saturated heterocycles. The summed E-state index contributed by atoms with van der Waals surface area (Å²) in [6.07, 6.45) is 0. The Hall–Kier alpha value is -2.56. The molecule has 0 amide bonds. The molecule has 2 heterocycles. The van der Waals surface area contributed by atoms with Gasteiger partial charge in [-0.05, 0) is 26.0 Å². The second-order valence-corrected chi connectivity index (χ2v) is 4.42. The first-order chi connectivity index (χ1) is 9.09. The Balaban J connectivity index is 2.46. The number of benzene rings is 1. The molecule has 5 nitrogen and oxygen atoms in total. The number of nitrogens with one attached hydrogen (secondary N) is 1. The van der Waals surface area contributed by atoms with Gasteiger partial charge in [-0.25, -0.2) is 0 Å². The van der Waals surface area contributed by atoms with E-state index >= 15 is 0 Å². The van der Waals surface area contributed by atoms with Crippen LogP contribution in [0.5, 0.6) is 5.75 Å².